The molecule has 0 unspecified atom stereocenters. The van der Waals surface area contributed by atoms with Crippen LogP contribution in [0.5, 0.6) is 11.5 Å². The molecule has 7 nitrogen and oxygen atoms in total. The standard InChI is InChI=1S/C20H20F4O7S/c1-18(13-2-6-15(25)7-3-13,14-4-8-16(26)9-5-14)11-10-17(27)31-12-19(21,22)20(23,24)32(28,29)30/h2-9,25-26H,10-12H2,1H3,(H,28,29,30). The highest BCUT2D eigenvalue weighted by molar-refractivity contribution is 7.87. The Labute approximate surface area is 181 Å². The SMILES string of the molecule is CC(CCC(=O)OCC(F)(F)C(F)(F)S(=O)(=O)O)(c1ccc(O)cc1)c1ccc(O)cc1. The van der Waals surface area contributed by atoms with Crippen LogP contribution in [-0.2, 0) is 25.1 Å². The van der Waals surface area contributed by atoms with E-state index in [0.29, 0.717) is 11.1 Å². The molecule has 0 atom stereocenters. The van der Waals surface area contributed by atoms with Crippen molar-refractivity contribution in [2.24, 2.45) is 0 Å². The maximum atomic E-state index is 13.5. The van der Waals surface area contributed by atoms with Crippen LogP contribution in [0.3, 0.4) is 0 Å². The van der Waals surface area contributed by atoms with Crippen molar-refractivity contribution in [2.45, 2.75) is 36.4 Å². The summed E-state index contributed by atoms with van der Waals surface area (Å²) in [4.78, 5) is 12.0. The van der Waals surface area contributed by atoms with Crippen molar-refractivity contribution in [1.82, 2.24) is 0 Å². The molecule has 176 valence electrons. The minimum absolute atomic E-state index is 0.0248. The molecular formula is C20H20F4O7S. The van der Waals surface area contributed by atoms with E-state index in [1.54, 1.807) is 31.2 Å². The van der Waals surface area contributed by atoms with E-state index in [1.165, 1.54) is 24.3 Å². The molecule has 2 aromatic rings. The van der Waals surface area contributed by atoms with Crippen molar-refractivity contribution in [2.75, 3.05) is 6.61 Å². The van der Waals surface area contributed by atoms with E-state index in [4.69, 9.17) is 4.55 Å². The maximum absolute atomic E-state index is 13.5. The molecule has 0 aromatic heterocycles. The van der Waals surface area contributed by atoms with E-state index in [2.05, 4.69) is 4.74 Å². The Bertz CT molecular complexity index is 1010. The molecule has 0 spiro atoms. The van der Waals surface area contributed by atoms with Crippen molar-refractivity contribution in [3.63, 3.8) is 0 Å². The van der Waals surface area contributed by atoms with Crippen molar-refractivity contribution in [3.8, 4) is 11.5 Å². The molecule has 2 aromatic carbocycles. The van der Waals surface area contributed by atoms with Gasteiger partial charge >= 0.3 is 27.3 Å². The molecule has 3 N–H and O–H groups in total. The molecule has 0 aliphatic carbocycles. The second-order valence-electron chi connectivity index (χ2n) is 7.28. The average Bonchev–Trinajstić information content (AvgIpc) is 2.70. The minimum Gasteiger partial charge on any atom is -0.508 e. The van der Waals surface area contributed by atoms with Crippen LogP contribution in [0.1, 0.15) is 30.9 Å². The second-order valence-corrected chi connectivity index (χ2v) is 8.75. The number of aromatic hydroxyl groups is 2. The number of ether oxygens (including phenoxy) is 1. The third-order valence-corrected chi connectivity index (χ3v) is 5.95. The van der Waals surface area contributed by atoms with E-state index >= 15 is 0 Å². The van der Waals surface area contributed by atoms with Crippen LogP contribution < -0.4 is 0 Å². The van der Waals surface area contributed by atoms with E-state index < -0.39 is 45.7 Å². The van der Waals surface area contributed by atoms with Crippen molar-refractivity contribution in [3.05, 3.63) is 59.7 Å². The van der Waals surface area contributed by atoms with Crippen molar-refractivity contribution < 1.29 is 50.3 Å². The fraction of sp³-hybridized carbons (Fsp3) is 0.350. The van der Waals surface area contributed by atoms with E-state index in [1.807, 2.05) is 0 Å². The number of phenols is 2. The van der Waals surface area contributed by atoms with Crippen LogP contribution >= 0.6 is 0 Å². The van der Waals surface area contributed by atoms with Gasteiger partial charge in [0, 0.05) is 11.8 Å². The summed E-state index contributed by atoms with van der Waals surface area (Å²) in [5.41, 5.74) is 0.274. The topological polar surface area (TPSA) is 121 Å². The Morgan fingerprint density at radius 2 is 1.31 bits per heavy atom. The number of rotatable bonds is 9. The predicted molar refractivity (Wildman–Crippen MR) is 104 cm³/mol. The van der Waals surface area contributed by atoms with Crippen LogP contribution in [0.25, 0.3) is 0 Å². The van der Waals surface area contributed by atoms with Gasteiger partial charge in [0.05, 0.1) is 0 Å². The van der Waals surface area contributed by atoms with Crippen LogP contribution in [0.2, 0.25) is 0 Å². The number of halogens is 4. The Kier molecular flexibility index (Phi) is 7.10. The quantitative estimate of drug-likeness (QED) is 0.283. The summed E-state index contributed by atoms with van der Waals surface area (Å²) >= 11 is 0. The number of carbonyl (C=O) groups excluding carboxylic acids is 1. The number of hydrogen-bond acceptors (Lipinski definition) is 6. The lowest BCUT2D eigenvalue weighted by molar-refractivity contribution is -0.196. The normalized spacial score (nSPS) is 13.1. The Morgan fingerprint density at radius 1 is 0.906 bits per heavy atom. The van der Waals surface area contributed by atoms with Gasteiger partial charge in [-0.05, 0) is 41.8 Å². The first-order valence-electron chi connectivity index (χ1n) is 9.07. The number of esters is 1. The van der Waals surface area contributed by atoms with Crippen LogP contribution in [-0.4, -0.2) is 46.9 Å². The van der Waals surface area contributed by atoms with Crippen LogP contribution in [0.4, 0.5) is 17.6 Å². The molecule has 2 rings (SSSR count). The highest BCUT2D eigenvalue weighted by Crippen LogP contribution is 2.40. The summed E-state index contributed by atoms with van der Waals surface area (Å²) in [6.45, 7) is -0.562. The summed E-state index contributed by atoms with van der Waals surface area (Å²) in [6.07, 6.45) is -0.576. The van der Waals surface area contributed by atoms with Gasteiger partial charge in [-0.1, -0.05) is 31.2 Å². The number of phenolic OH excluding ortho intramolecular Hbond substituents is 2. The van der Waals surface area contributed by atoms with E-state index in [9.17, 15) is 41.0 Å². The highest BCUT2D eigenvalue weighted by Gasteiger charge is 2.66. The molecule has 0 aliphatic heterocycles. The fourth-order valence-electron chi connectivity index (χ4n) is 2.98. The lowest BCUT2D eigenvalue weighted by atomic mass is 9.73. The fourth-order valence-corrected chi connectivity index (χ4v) is 3.42. The first kappa shape index (κ1) is 25.4. The first-order chi connectivity index (χ1) is 14.6. The van der Waals surface area contributed by atoms with Crippen LogP contribution in [0.15, 0.2) is 48.5 Å². The summed E-state index contributed by atoms with van der Waals surface area (Å²) in [5, 5.41) is 13.2. The number of benzene rings is 2. The molecule has 0 radical (unpaired) electrons. The summed E-state index contributed by atoms with van der Waals surface area (Å²) in [6, 6.07) is 11.8. The van der Waals surface area contributed by atoms with Gasteiger partial charge in [0.1, 0.15) is 11.5 Å². The minimum atomic E-state index is -6.44. The van der Waals surface area contributed by atoms with Crippen molar-refractivity contribution >= 4 is 16.1 Å². The number of alkyl halides is 4. The van der Waals surface area contributed by atoms with Gasteiger partial charge in [-0.15, -0.1) is 0 Å². The monoisotopic (exact) mass is 480 g/mol. The molecule has 0 heterocycles. The van der Waals surface area contributed by atoms with Gasteiger partial charge in [0.25, 0.3) is 0 Å². The van der Waals surface area contributed by atoms with Crippen LogP contribution in [0, 0.1) is 0 Å². The summed E-state index contributed by atoms with van der Waals surface area (Å²) in [5.74, 6) is -6.71. The zero-order valence-corrected chi connectivity index (χ0v) is 17.5. The summed E-state index contributed by atoms with van der Waals surface area (Å²) in [7, 11) is -6.44. The molecule has 0 saturated carbocycles. The van der Waals surface area contributed by atoms with Gasteiger partial charge in [-0.2, -0.15) is 26.0 Å². The van der Waals surface area contributed by atoms with E-state index in [-0.39, 0.29) is 17.9 Å². The van der Waals surface area contributed by atoms with Crippen molar-refractivity contribution in [1.29, 1.82) is 0 Å². The van der Waals surface area contributed by atoms with Gasteiger partial charge in [-0.3, -0.25) is 9.35 Å². The third-order valence-electron chi connectivity index (χ3n) is 5.00. The molecule has 0 fully saturated rings. The molecule has 0 amide bonds. The largest absolute Gasteiger partial charge is 0.508 e. The second kappa shape index (κ2) is 8.94. The molecule has 32 heavy (non-hydrogen) atoms. The first-order valence-corrected chi connectivity index (χ1v) is 10.5. The summed E-state index contributed by atoms with van der Waals surface area (Å²) < 4.78 is 87.0. The third kappa shape index (κ3) is 5.30. The number of carbonyl (C=O) groups is 1. The van der Waals surface area contributed by atoms with Gasteiger partial charge in [0.15, 0.2) is 6.61 Å². The van der Waals surface area contributed by atoms with Gasteiger partial charge in [0.2, 0.25) is 0 Å². The molecular weight excluding hydrogens is 460 g/mol. The van der Waals surface area contributed by atoms with Gasteiger partial charge in [-0.25, -0.2) is 0 Å². The number of hydrogen-bond donors (Lipinski definition) is 3. The zero-order chi connectivity index (χ0) is 24.4. The molecule has 12 heteroatoms. The Hall–Kier alpha value is -2.86. The average molecular weight is 480 g/mol. The van der Waals surface area contributed by atoms with Gasteiger partial charge < -0.3 is 14.9 Å². The lowest BCUT2D eigenvalue weighted by Crippen LogP contribution is -2.50. The molecule has 0 saturated heterocycles. The highest BCUT2D eigenvalue weighted by atomic mass is 32.2. The maximum Gasteiger partial charge on any atom is 0.435 e. The molecule has 0 aliphatic rings. The Balaban J connectivity index is 2.18. The van der Waals surface area contributed by atoms with E-state index in [0.717, 1.165) is 0 Å². The Morgan fingerprint density at radius 3 is 1.69 bits per heavy atom. The lowest BCUT2D eigenvalue weighted by Gasteiger charge is -2.31. The predicted octanol–water partition coefficient (Wildman–Crippen LogP) is 3.84. The molecule has 0 bridgehead atoms. The smallest absolute Gasteiger partial charge is 0.435 e. The zero-order valence-electron chi connectivity index (χ0n) is 16.6.